The summed E-state index contributed by atoms with van der Waals surface area (Å²) in [6, 6.07) is 9.56. The number of aryl methyl sites for hydroxylation is 1. The quantitative estimate of drug-likeness (QED) is 0.636. The van der Waals surface area contributed by atoms with Crippen molar-refractivity contribution in [3.8, 4) is 6.07 Å². The summed E-state index contributed by atoms with van der Waals surface area (Å²) in [6.07, 6.45) is 5.33. The number of hydrogen-bond acceptors (Lipinski definition) is 6. The van der Waals surface area contributed by atoms with Crippen LogP contribution in [0, 0.1) is 11.3 Å². The smallest absolute Gasteiger partial charge is 0.320 e. The number of furan rings is 1. The molecule has 0 saturated carbocycles. The van der Waals surface area contributed by atoms with Gasteiger partial charge in [0.1, 0.15) is 11.3 Å². The average Bonchev–Trinajstić information content (AvgIpc) is 3.50. The van der Waals surface area contributed by atoms with E-state index in [4.69, 9.17) is 14.4 Å². The van der Waals surface area contributed by atoms with Crippen molar-refractivity contribution in [3.05, 3.63) is 35.6 Å². The SMILES string of the molecule is CCOC(=O)CN1CCCC1C(=O)N1CCCC1CCc1cc2cc(C#N)ccc2o1. The lowest BCUT2D eigenvalue weighted by Crippen LogP contribution is -2.48. The van der Waals surface area contributed by atoms with Crippen molar-refractivity contribution in [1.82, 2.24) is 9.80 Å². The van der Waals surface area contributed by atoms with Gasteiger partial charge in [-0.3, -0.25) is 14.5 Å². The molecule has 1 aromatic carbocycles. The number of carbonyl (C=O) groups is 2. The zero-order valence-corrected chi connectivity index (χ0v) is 18.0. The van der Waals surface area contributed by atoms with Crippen LogP contribution in [0.4, 0.5) is 0 Å². The molecule has 4 rings (SSSR count). The van der Waals surface area contributed by atoms with E-state index < -0.39 is 0 Å². The molecule has 2 unspecified atom stereocenters. The number of amides is 1. The van der Waals surface area contributed by atoms with Crippen LogP contribution in [0.2, 0.25) is 0 Å². The van der Waals surface area contributed by atoms with Crippen molar-refractivity contribution < 1.29 is 18.7 Å². The Morgan fingerprint density at radius 3 is 2.87 bits per heavy atom. The van der Waals surface area contributed by atoms with Crippen molar-refractivity contribution in [2.75, 3.05) is 26.2 Å². The molecule has 2 aromatic rings. The van der Waals surface area contributed by atoms with Crippen molar-refractivity contribution in [3.63, 3.8) is 0 Å². The van der Waals surface area contributed by atoms with Crippen LogP contribution < -0.4 is 0 Å². The van der Waals surface area contributed by atoms with Gasteiger partial charge in [-0.15, -0.1) is 0 Å². The molecule has 0 N–H and O–H groups in total. The summed E-state index contributed by atoms with van der Waals surface area (Å²) >= 11 is 0. The number of nitrogens with zero attached hydrogens (tertiary/aromatic N) is 3. The van der Waals surface area contributed by atoms with Gasteiger partial charge < -0.3 is 14.1 Å². The highest BCUT2D eigenvalue weighted by atomic mass is 16.5. The van der Waals surface area contributed by atoms with E-state index in [-0.39, 0.29) is 30.5 Å². The second-order valence-corrected chi connectivity index (χ2v) is 8.38. The molecule has 7 nitrogen and oxygen atoms in total. The van der Waals surface area contributed by atoms with Crippen LogP contribution in [-0.4, -0.2) is 60.0 Å². The van der Waals surface area contributed by atoms with Gasteiger partial charge in [0.15, 0.2) is 0 Å². The molecule has 2 aliphatic rings. The predicted molar refractivity (Wildman–Crippen MR) is 115 cm³/mol. The molecule has 2 saturated heterocycles. The molecule has 3 heterocycles. The van der Waals surface area contributed by atoms with Gasteiger partial charge in [0.25, 0.3) is 0 Å². The summed E-state index contributed by atoms with van der Waals surface area (Å²) in [6.45, 7) is 3.88. The third-order valence-corrected chi connectivity index (χ3v) is 6.37. The van der Waals surface area contributed by atoms with Crippen LogP contribution in [0.1, 0.15) is 50.4 Å². The molecule has 0 aliphatic carbocycles. The number of ether oxygens (including phenoxy) is 1. The van der Waals surface area contributed by atoms with Crippen molar-refractivity contribution in [2.45, 2.75) is 57.5 Å². The molecule has 0 radical (unpaired) electrons. The van der Waals surface area contributed by atoms with Gasteiger partial charge in [-0.1, -0.05) is 0 Å². The molecular formula is C24H29N3O4. The van der Waals surface area contributed by atoms with E-state index in [1.54, 1.807) is 13.0 Å². The maximum absolute atomic E-state index is 13.3. The van der Waals surface area contributed by atoms with E-state index in [2.05, 4.69) is 6.07 Å². The van der Waals surface area contributed by atoms with Gasteiger partial charge in [-0.25, -0.2) is 0 Å². The third-order valence-electron chi connectivity index (χ3n) is 6.37. The summed E-state index contributed by atoms with van der Waals surface area (Å²) in [5, 5.41) is 10.0. The molecule has 31 heavy (non-hydrogen) atoms. The number of rotatable bonds is 7. The second kappa shape index (κ2) is 9.52. The fraction of sp³-hybridized carbons (Fsp3) is 0.542. The fourth-order valence-corrected chi connectivity index (χ4v) is 4.88. The number of fused-ring (bicyclic) bond motifs is 1. The number of benzene rings is 1. The number of nitriles is 1. The van der Waals surface area contributed by atoms with Crippen LogP contribution in [0.5, 0.6) is 0 Å². The average molecular weight is 424 g/mol. The Bertz CT molecular complexity index is 992. The maximum Gasteiger partial charge on any atom is 0.320 e. The molecular weight excluding hydrogens is 394 g/mol. The van der Waals surface area contributed by atoms with Gasteiger partial charge in [-0.05, 0) is 69.8 Å². The highest BCUT2D eigenvalue weighted by Gasteiger charge is 2.38. The van der Waals surface area contributed by atoms with Gasteiger partial charge in [0.05, 0.1) is 30.8 Å². The highest BCUT2D eigenvalue weighted by Crippen LogP contribution is 2.28. The van der Waals surface area contributed by atoms with Gasteiger partial charge >= 0.3 is 5.97 Å². The molecule has 0 bridgehead atoms. The number of carbonyl (C=O) groups excluding carboxylic acids is 2. The lowest BCUT2D eigenvalue weighted by molar-refractivity contribution is -0.146. The van der Waals surface area contributed by atoms with Crippen molar-refractivity contribution >= 4 is 22.8 Å². The normalized spacial score (nSPS) is 21.5. The zero-order chi connectivity index (χ0) is 21.8. The number of hydrogen-bond donors (Lipinski definition) is 0. The summed E-state index contributed by atoms with van der Waals surface area (Å²) in [7, 11) is 0. The Labute approximate surface area is 182 Å². The Hall–Kier alpha value is -2.85. The van der Waals surface area contributed by atoms with E-state index in [1.165, 1.54) is 0 Å². The standard InChI is InChI=1S/C24H29N3O4/c1-2-30-23(28)16-26-11-4-6-21(26)24(29)27-12-3-5-19(27)8-9-20-14-18-13-17(15-25)7-10-22(18)31-20/h7,10,13-14,19,21H,2-6,8-9,11-12,16H2,1H3. The summed E-state index contributed by atoms with van der Waals surface area (Å²) in [4.78, 5) is 29.2. The van der Waals surface area contributed by atoms with E-state index in [0.717, 1.165) is 68.3 Å². The summed E-state index contributed by atoms with van der Waals surface area (Å²) in [5.74, 6) is 0.770. The molecule has 1 amide bonds. The zero-order valence-electron chi connectivity index (χ0n) is 18.0. The largest absolute Gasteiger partial charge is 0.465 e. The first kappa shape index (κ1) is 21.4. The Balaban J connectivity index is 1.38. The first-order valence-electron chi connectivity index (χ1n) is 11.2. The third kappa shape index (κ3) is 4.75. The number of esters is 1. The van der Waals surface area contributed by atoms with E-state index in [1.807, 2.05) is 28.0 Å². The van der Waals surface area contributed by atoms with E-state index in [9.17, 15) is 9.59 Å². The van der Waals surface area contributed by atoms with E-state index >= 15 is 0 Å². The Morgan fingerprint density at radius 1 is 1.23 bits per heavy atom. The molecule has 2 aliphatic heterocycles. The minimum atomic E-state index is -0.260. The van der Waals surface area contributed by atoms with Gasteiger partial charge in [0, 0.05) is 24.4 Å². The molecule has 1 aromatic heterocycles. The van der Waals surface area contributed by atoms with Crippen LogP contribution in [0.15, 0.2) is 28.7 Å². The monoisotopic (exact) mass is 423 g/mol. The Morgan fingerprint density at radius 2 is 2.06 bits per heavy atom. The molecule has 7 heteroatoms. The first-order valence-corrected chi connectivity index (χ1v) is 11.2. The van der Waals surface area contributed by atoms with Crippen LogP contribution in [0.3, 0.4) is 0 Å². The molecule has 164 valence electrons. The molecule has 2 atom stereocenters. The summed E-state index contributed by atoms with van der Waals surface area (Å²) in [5.41, 5.74) is 1.41. The van der Waals surface area contributed by atoms with Crippen LogP contribution >= 0.6 is 0 Å². The van der Waals surface area contributed by atoms with Crippen molar-refractivity contribution in [2.24, 2.45) is 0 Å². The second-order valence-electron chi connectivity index (χ2n) is 8.38. The fourth-order valence-electron chi connectivity index (χ4n) is 4.88. The summed E-state index contributed by atoms with van der Waals surface area (Å²) < 4.78 is 11.0. The Kier molecular flexibility index (Phi) is 6.57. The lowest BCUT2D eigenvalue weighted by Gasteiger charge is -2.31. The number of likely N-dealkylation sites (tertiary alicyclic amines) is 2. The minimum absolute atomic E-state index is 0.146. The van der Waals surface area contributed by atoms with Gasteiger partial charge in [-0.2, -0.15) is 5.26 Å². The highest BCUT2D eigenvalue weighted by molar-refractivity contribution is 5.84. The minimum Gasteiger partial charge on any atom is -0.465 e. The lowest BCUT2D eigenvalue weighted by atomic mass is 10.1. The van der Waals surface area contributed by atoms with Crippen LogP contribution in [-0.2, 0) is 20.7 Å². The molecule has 2 fully saturated rings. The first-order chi connectivity index (χ1) is 15.1. The van der Waals surface area contributed by atoms with E-state index in [0.29, 0.717) is 12.2 Å². The van der Waals surface area contributed by atoms with Crippen LogP contribution in [0.25, 0.3) is 11.0 Å². The van der Waals surface area contributed by atoms with Gasteiger partial charge in [0.2, 0.25) is 5.91 Å². The maximum atomic E-state index is 13.3. The van der Waals surface area contributed by atoms with Crippen molar-refractivity contribution in [1.29, 1.82) is 5.26 Å². The predicted octanol–water partition coefficient (Wildman–Crippen LogP) is 3.26. The molecule has 0 spiro atoms. The topological polar surface area (TPSA) is 86.8 Å².